The Labute approximate surface area is 105 Å². The van der Waals surface area contributed by atoms with E-state index in [-0.39, 0.29) is 0 Å². The van der Waals surface area contributed by atoms with E-state index in [1.807, 2.05) is 11.4 Å². The van der Waals surface area contributed by atoms with Crippen LogP contribution in [0.3, 0.4) is 0 Å². The maximum Gasteiger partial charge on any atom is 0.254 e. The summed E-state index contributed by atoms with van der Waals surface area (Å²) in [5, 5.41) is 4.31. The number of fused-ring (bicyclic) bond motifs is 3. The van der Waals surface area contributed by atoms with E-state index in [9.17, 15) is 0 Å². The first kappa shape index (κ1) is 10.1. The molecule has 0 spiro atoms. The van der Waals surface area contributed by atoms with Crippen molar-refractivity contribution in [2.75, 3.05) is 4.90 Å². The van der Waals surface area contributed by atoms with Gasteiger partial charge in [-0.2, -0.15) is 14.6 Å². The van der Waals surface area contributed by atoms with Crippen molar-refractivity contribution in [1.82, 2.24) is 19.6 Å². The monoisotopic (exact) mass is 241 g/mol. The molecular weight excluding hydrogens is 226 g/mol. The summed E-state index contributed by atoms with van der Waals surface area (Å²) in [6.07, 6.45) is 9.84. The summed E-state index contributed by atoms with van der Waals surface area (Å²) in [4.78, 5) is 11.1. The molecule has 0 amide bonds. The number of nitrogens with zero attached hydrogens (tertiary/aromatic N) is 5. The van der Waals surface area contributed by atoms with Crippen molar-refractivity contribution in [3.05, 3.63) is 30.2 Å². The third-order valence-electron chi connectivity index (χ3n) is 3.94. The summed E-state index contributed by atoms with van der Waals surface area (Å²) in [5.74, 6) is 1.82. The van der Waals surface area contributed by atoms with Gasteiger partial charge in [-0.25, -0.2) is 4.98 Å². The fourth-order valence-corrected chi connectivity index (χ4v) is 3.18. The second kappa shape index (κ2) is 3.54. The van der Waals surface area contributed by atoms with Gasteiger partial charge in [0.05, 0.1) is 0 Å². The fraction of sp³-hybridized carbons (Fsp3) is 0.462. The molecule has 2 unspecified atom stereocenters. The van der Waals surface area contributed by atoms with Gasteiger partial charge in [-0.3, -0.25) is 0 Å². The summed E-state index contributed by atoms with van der Waals surface area (Å²) in [6.45, 7) is 2.01. The zero-order valence-electron chi connectivity index (χ0n) is 10.3. The Hall–Kier alpha value is -1.91. The van der Waals surface area contributed by atoms with Crippen molar-refractivity contribution < 1.29 is 0 Å². The predicted octanol–water partition coefficient (Wildman–Crippen LogP) is 1.73. The van der Waals surface area contributed by atoms with Crippen molar-refractivity contribution in [3.63, 3.8) is 0 Å². The zero-order valence-corrected chi connectivity index (χ0v) is 10.3. The molecule has 2 aliphatic heterocycles. The molecule has 0 radical (unpaired) electrons. The lowest BCUT2D eigenvalue weighted by Gasteiger charge is -2.33. The lowest BCUT2D eigenvalue weighted by atomic mass is 10.1. The second-order valence-electron chi connectivity index (χ2n) is 5.10. The molecule has 5 heteroatoms. The Bertz CT molecular complexity index is 629. The van der Waals surface area contributed by atoms with Gasteiger partial charge in [0.2, 0.25) is 0 Å². The van der Waals surface area contributed by atoms with Crippen LogP contribution in [0.2, 0.25) is 0 Å². The molecule has 2 aliphatic rings. The highest BCUT2D eigenvalue weighted by Crippen LogP contribution is 2.35. The van der Waals surface area contributed by atoms with Crippen LogP contribution in [0, 0.1) is 6.92 Å². The molecule has 92 valence electrons. The zero-order chi connectivity index (χ0) is 12.1. The molecule has 2 bridgehead atoms. The summed E-state index contributed by atoms with van der Waals surface area (Å²) in [7, 11) is 0. The molecule has 0 aromatic carbocycles. The van der Waals surface area contributed by atoms with E-state index in [2.05, 4.69) is 38.2 Å². The minimum absolute atomic E-state index is 0.512. The molecule has 0 saturated carbocycles. The van der Waals surface area contributed by atoms with Crippen LogP contribution in [0.1, 0.15) is 25.0 Å². The molecule has 0 aliphatic carbocycles. The third kappa shape index (κ3) is 1.30. The Morgan fingerprint density at radius 2 is 2.28 bits per heavy atom. The van der Waals surface area contributed by atoms with Crippen molar-refractivity contribution in [2.45, 2.75) is 38.3 Å². The van der Waals surface area contributed by atoms with Crippen LogP contribution >= 0.6 is 0 Å². The topological polar surface area (TPSA) is 46.3 Å². The second-order valence-corrected chi connectivity index (χ2v) is 5.10. The highest BCUT2D eigenvalue weighted by molar-refractivity contribution is 5.51. The largest absolute Gasteiger partial charge is 0.347 e. The Kier molecular flexibility index (Phi) is 1.98. The van der Waals surface area contributed by atoms with Gasteiger partial charge < -0.3 is 4.90 Å². The van der Waals surface area contributed by atoms with E-state index in [4.69, 9.17) is 0 Å². The number of hydrogen-bond acceptors (Lipinski definition) is 4. The average Bonchev–Trinajstić information content (AvgIpc) is 2.91. The van der Waals surface area contributed by atoms with Gasteiger partial charge in [-0.15, -0.1) is 0 Å². The van der Waals surface area contributed by atoms with Crippen LogP contribution in [0.15, 0.2) is 24.5 Å². The van der Waals surface area contributed by atoms with Gasteiger partial charge in [-0.1, -0.05) is 12.2 Å². The number of hydrogen-bond donors (Lipinski definition) is 0. The first-order chi connectivity index (χ1) is 8.83. The van der Waals surface area contributed by atoms with Crippen LogP contribution in [0.5, 0.6) is 0 Å². The highest BCUT2D eigenvalue weighted by Gasteiger charge is 2.35. The number of aromatic nitrogens is 4. The Balaban J connectivity index is 1.92. The number of rotatable bonds is 1. The first-order valence-electron chi connectivity index (χ1n) is 6.45. The fourth-order valence-electron chi connectivity index (χ4n) is 3.18. The van der Waals surface area contributed by atoms with Crippen molar-refractivity contribution in [3.8, 4) is 0 Å². The van der Waals surface area contributed by atoms with E-state index in [1.165, 1.54) is 12.8 Å². The molecule has 2 atom stereocenters. The van der Waals surface area contributed by atoms with E-state index in [0.29, 0.717) is 17.9 Å². The van der Waals surface area contributed by atoms with E-state index in [1.54, 1.807) is 6.33 Å². The number of aryl methyl sites for hydroxylation is 1. The lowest BCUT2D eigenvalue weighted by Crippen LogP contribution is -2.38. The Morgan fingerprint density at radius 3 is 3.17 bits per heavy atom. The molecule has 2 aromatic rings. The van der Waals surface area contributed by atoms with Crippen LogP contribution in [-0.2, 0) is 0 Å². The first-order valence-corrected chi connectivity index (χ1v) is 6.45. The molecule has 2 aromatic heterocycles. The molecule has 0 N–H and O–H groups in total. The molecular formula is C13H15N5. The van der Waals surface area contributed by atoms with Crippen molar-refractivity contribution in [2.24, 2.45) is 0 Å². The van der Waals surface area contributed by atoms with E-state index >= 15 is 0 Å². The van der Waals surface area contributed by atoms with Gasteiger partial charge in [-0.05, 0) is 26.2 Å². The highest BCUT2D eigenvalue weighted by atomic mass is 15.4. The summed E-state index contributed by atoms with van der Waals surface area (Å²) in [6, 6.07) is 3.23. The average molecular weight is 241 g/mol. The summed E-state index contributed by atoms with van der Waals surface area (Å²) in [5.41, 5.74) is 0.999. The van der Waals surface area contributed by atoms with Crippen molar-refractivity contribution in [1.29, 1.82) is 0 Å². The molecule has 4 rings (SSSR count). The van der Waals surface area contributed by atoms with Gasteiger partial charge in [0, 0.05) is 23.8 Å². The van der Waals surface area contributed by atoms with Crippen molar-refractivity contribution >= 4 is 11.6 Å². The molecule has 4 heterocycles. The molecule has 1 saturated heterocycles. The van der Waals surface area contributed by atoms with Crippen LogP contribution in [0.25, 0.3) is 5.78 Å². The van der Waals surface area contributed by atoms with E-state index in [0.717, 1.165) is 17.9 Å². The summed E-state index contributed by atoms with van der Waals surface area (Å²) >= 11 is 0. The normalized spacial score (nSPS) is 26.2. The maximum absolute atomic E-state index is 4.41. The minimum Gasteiger partial charge on any atom is -0.347 e. The summed E-state index contributed by atoms with van der Waals surface area (Å²) < 4.78 is 1.86. The molecule has 18 heavy (non-hydrogen) atoms. The SMILES string of the molecule is Cc1cc(N2C3C=CCC2CC3)n2ncnc2n1. The quantitative estimate of drug-likeness (QED) is 0.713. The van der Waals surface area contributed by atoms with Crippen LogP contribution in [-0.4, -0.2) is 31.7 Å². The van der Waals surface area contributed by atoms with Gasteiger partial charge in [0.1, 0.15) is 12.1 Å². The van der Waals surface area contributed by atoms with Crippen LogP contribution in [0.4, 0.5) is 5.82 Å². The van der Waals surface area contributed by atoms with E-state index < -0.39 is 0 Å². The predicted molar refractivity (Wildman–Crippen MR) is 68.6 cm³/mol. The Morgan fingerprint density at radius 1 is 1.33 bits per heavy atom. The lowest BCUT2D eigenvalue weighted by molar-refractivity contribution is 0.630. The molecule has 5 nitrogen and oxygen atoms in total. The minimum atomic E-state index is 0.512. The number of anilines is 1. The van der Waals surface area contributed by atoms with Gasteiger partial charge in [0.15, 0.2) is 0 Å². The standard InChI is InChI=1S/C13H15N5/c1-9-7-12(18-13(16-9)14-8-15-18)17-10-3-2-4-11(17)6-5-10/h2-3,7-8,10-11H,4-6H2,1H3. The van der Waals surface area contributed by atoms with Gasteiger partial charge >= 0.3 is 0 Å². The van der Waals surface area contributed by atoms with Gasteiger partial charge in [0.25, 0.3) is 5.78 Å². The van der Waals surface area contributed by atoms with Crippen LogP contribution < -0.4 is 4.90 Å². The smallest absolute Gasteiger partial charge is 0.254 e. The third-order valence-corrected chi connectivity index (χ3v) is 3.94. The maximum atomic E-state index is 4.41. The molecule has 1 fully saturated rings.